The van der Waals surface area contributed by atoms with Gasteiger partial charge >= 0.3 is 0 Å². The Hall–Kier alpha value is -1.38. The molecule has 0 N–H and O–H groups in total. The van der Waals surface area contributed by atoms with Crippen LogP contribution in [-0.4, -0.2) is 18.0 Å². The quantitative estimate of drug-likeness (QED) is 0.526. The molecule has 1 aromatic heterocycles. The third kappa shape index (κ3) is 3.23. The molecule has 0 bridgehead atoms. The number of carbonyl (C=O) groups is 1. The zero-order chi connectivity index (χ0) is 9.68. The molecule has 1 aromatic rings. The van der Waals surface area contributed by atoms with E-state index in [0.29, 0.717) is 12.0 Å². The second kappa shape index (κ2) is 4.60. The Kier molecular flexibility index (Phi) is 3.43. The van der Waals surface area contributed by atoms with Crippen LogP contribution in [0.25, 0.3) is 0 Å². The van der Waals surface area contributed by atoms with Gasteiger partial charge in [0.05, 0.1) is 11.8 Å². The third-order valence-corrected chi connectivity index (χ3v) is 1.52. The molecule has 0 fully saturated rings. The highest BCUT2D eigenvalue weighted by molar-refractivity contribution is 6.03. The van der Waals surface area contributed by atoms with E-state index in [1.165, 1.54) is 12.5 Å². The molecule has 0 aliphatic heterocycles. The highest BCUT2D eigenvalue weighted by atomic mass is 16.3. The average molecular weight is 179 g/mol. The Morgan fingerprint density at radius 1 is 1.69 bits per heavy atom. The van der Waals surface area contributed by atoms with Crippen molar-refractivity contribution < 1.29 is 9.21 Å². The number of carbonyl (C=O) groups excluding carboxylic acids is 1. The van der Waals surface area contributed by atoms with Crippen LogP contribution in [0.2, 0.25) is 0 Å². The zero-order valence-electron chi connectivity index (χ0n) is 7.86. The van der Waals surface area contributed by atoms with Gasteiger partial charge in [-0.3, -0.25) is 9.79 Å². The fraction of sp³-hybridized carbons (Fsp3) is 0.400. The molecule has 0 radical (unpaired) electrons. The standard InChI is InChI=1S/C10H13NO2/c1-8(2)11-5-3-10(12)9-4-6-13-7-9/h4-8H,3H2,1-2H3. The van der Waals surface area contributed by atoms with Crippen LogP contribution in [0.1, 0.15) is 30.6 Å². The van der Waals surface area contributed by atoms with E-state index in [0.717, 1.165) is 0 Å². The molecule has 0 unspecified atom stereocenters. The SMILES string of the molecule is CC(C)N=CCC(=O)c1ccoc1. The molecule has 1 heterocycles. The van der Waals surface area contributed by atoms with Crippen LogP contribution >= 0.6 is 0 Å². The van der Waals surface area contributed by atoms with Crippen molar-refractivity contribution in [3.63, 3.8) is 0 Å². The Bertz CT molecular complexity index is 286. The third-order valence-electron chi connectivity index (χ3n) is 1.52. The van der Waals surface area contributed by atoms with Gasteiger partial charge in [-0.05, 0) is 19.9 Å². The van der Waals surface area contributed by atoms with Crippen LogP contribution in [0.5, 0.6) is 0 Å². The fourth-order valence-electron chi connectivity index (χ4n) is 0.887. The number of aliphatic imine (C=N–C) groups is 1. The molecule has 0 amide bonds. The smallest absolute Gasteiger partial charge is 0.171 e. The van der Waals surface area contributed by atoms with E-state index < -0.39 is 0 Å². The molecule has 0 saturated carbocycles. The molecule has 1 rings (SSSR count). The Labute approximate surface area is 77.5 Å². The molecule has 0 saturated heterocycles. The van der Waals surface area contributed by atoms with E-state index in [1.807, 2.05) is 13.8 Å². The molecular formula is C10H13NO2. The monoisotopic (exact) mass is 179 g/mol. The van der Waals surface area contributed by atoms with Crippen LogP contribution in [0.15, 0.2) is 28.0 Å². The normalized spacial score (nSPS) is 11.3. The van der Waals surface area contributed by atoms with Gasteiger partial charge in [0, 0.05) is 18.7 Å². The van der Waals surface area contributed by atoms with Crippen LogP contribution in [0.4, 0.5) is 0 Å². The summed E-state index contributed by atoms with van der Waals surface area (Å²) in [6, 6.07) is 1.91. The molecule has 0 aromatic carbocycles. The van der Waals surface area contributed by atoms with Gasteiger partial charge < -0.3 is 4.42 Å². The molecule has 0 aliphatic rings. The van der Waals surface area contributed by atoms with Crippen molar-refractivity contribution in [3.8, 4) is 0 Å². The Morgan fingerprint density at radius 3 is 3.00 bits per heavy atom. The summed E-state index contributed by atoms with van der Waals surface area (Å²) >= 11 is 0. The highest BCUT2D eigenvalue weighted by Gasteiger charge is 2.04. The molecule has 0 atom stereocenters. The predicted molar refractivity (Wildman–Crippen MR) is 51.3 cm³/mol. The lowest BCUT2D eigenvalue weighted by Crippen LogP contribution is -1.99. The summed E-state index contributed by atoms with van der Waals surface area (Å²) in [5.41, 5.74) is 0.607. The van der Waals surface area contributed by atoms with Crippen molar-refractivity contribution in [1.82, 2.24) is 0 Å². The van der Waals surface area contributed by atoms with Crippen LogP contribution in [0.3, 0.4) is 0 Å². The van der Waals surface area contributed by atoms with Crippen molar-refractivity contribution >= 4 is 12.0 Å². The Morgan fingerprint density at radius 2 is 2.46 bits per heavy atom. The van der Waals surface area contributed by atoms with Crippen LogP contribution < -0.4 is 0 Å². The lowest BCUT2D eigenvalue weighted by Gasteiger charge is -1.93. The van der Waals surface area contributed by atoms with E-state index in [2.05, 4.69) is 4.99 Å². The summed E-state index contributed by atoms with van der Waals surface area (Å²) in [5.74, 6) is 0.0400. The van der Waals surface area contributed by atoms with Gasteiger partial charge in [0.15, 0.2) is 5.78 Å². The van der Waals surface area contributed by atoms with Gasteiger partial charge in [0.1, 0.15) is 6.26 Å². The summed E-state index contributed by atoms with van der Waals surface area (Å²) in [6.45, 7) is 3.94. The molecule has 3 nitrogen and oxygen atoms in total. The maximum absolute atomic E-state index is 11.3. The van der Waals surface area contributed by atoms with Gasteiger partial charge in [-0.15, -0.1) is 0 Å². The van der Waals surface area contributed by atoms with Gasteiger partial charge in [-0.1, -0.05) is 0 Å². The first kappa shape index (κ1) is 9.71. The number of rotatable bonds is 4. The second-order valence-corrected chi connectivity index (χ2v) is 3.06. The van der Waals surface area contributed by atoms with Crippen molar-refractivity contribution in [2.24, 2.45) is 4.99 Å². The lowest BCUT2D eigenvalue weighted by molar-refractivity contribution is 0.100. The molecule has 0 aliphatic carbocycles. The van der Waals surface area contributed by atoms with E-state index in [1.54, 1.807) is 12.3 Å². The number of Topliss-reactive ketones (excluding diaryl/α,β-unsaturated/α-hetero) is 1. The van der Waals surface area contributed by atoms with Crippen molar-refractivity contribution in [2.45, 2.75) is 26.3 Å². The number of nitrogens with zero attached hydrogens (tertiary/aromatic N) is 1. The highest BCUT2D eigenvalue weighted by Crippen LogP contribution is 2.02. The van der Waals surface area contributed by atoms with Gasteiger partial charge in [-0.25, -0.2) is 0 Å². The van der Waals surface area contributed by atoms with E-state index in [-0.39, 0.29) is 11.8 Å². The predicted octanol–water partition coefficient (Wildman–Crippen LogP) is 2.33. The summed E-state index contributed by atoms with van der Waals surface area (Å²) in [4.78, 5) is 15.4. The molecule has 3 heteroatoms. The summed E-state index contributed by atoms with van der Waals surface area (Å²) in [5, 5.41) is 0. The van der Waals surface area contributed by atoms with Crippen LogP contribution in [-0.2, 0) is 0 Å². The minimum Gasteiger partial charge on any atom is -0.472 e. The Balaban J connectivity index is 2.43. The lowest BCUT2D eigenvalue weighted by atomic mass is 10.2. The number of hydrogen-bond acceptors (Lipinski definition) is 3. The van der Waals surface area contributed by atoms with Gasteiger partial charge in [-0.2, -0.15) is 0 Å². The maximum atomic E-state index is 11.3. The maximum Gasteiger partial charge on any atom is 0.171 e. The summed E-state index contributed by atoms with van der Waals surface area (Å²) < 4.78 is 4.80. The molecule has 70 valence electrons. The van der Waals surface area contributed by atoms with E-state index in [9.17, 15) is 4.79 Å². The van der Waals surface area contributed by atoms with Gasteiger partial charge in [0.2, 0.25) is 0 Å². The first-order valence-corrected chi connectivity index (χ1v) is 4.27. The minimum absolute atomic E-state index is 0.0400. The van der Waals surface area contributed by atoms with Crippen molar-refractivity contribution in [1.29, 1.82) is 0 Å². The van der Waals surface area contributed by atoms with Gasteiger partial charge in [0.25, 0.3) is 0 Å². The first-order valence-electron chi connectivity index (χ1n) is 4.27. The number of hydrogen-bond donors (Lipinski definition) is 0. The van der Waals surface area contributed by atoms with Crippen molar-refractivity contribution in [3.05, 3.63) is 24.2 Å². The molecular weight excluding hydrogens is 166 g/mol. The fourth-order valence-corrected chi connectivity index (χ4v) is 0.887. The number of furan rings is 1. The van der Waals surface area contributed by atoms with Crippen LogP contribution in [0, 0.1) is 0 Å². The summed E-state index contributed by atoms with van der Waals surface area (Å²) in [6.07, 6.45) is 4.94. The minimum atomic E-state index is 0.0400. The van der Waals surface area contributed by atoms with E-state index >= 15 is 0 Å². The topological polar surface area (TPSA) is 42.6 Å². The van der Waals surface area contributed by atoms with Crippen molar-refractivity contribution in [2.75, 3.05) is 0 Å². The average Bonchev–Trinajstić information content (AvgIpc) is 2.55. The van der Waals surface area contributed by atoms with E-state index in [4.69, 9.17) is 4.42 Å². The molecule has 13 heavy (non-hydrogen) atoms. The first-order chi connectivity index (χ1) is 6.20. The largest absolute Gasteiger partial charge is 0.472 e. The zero-order valence-corrected chi connectivity index (χ0v) is 7.86. The molecule has 0 spiro atoms. The summed E-state index contributed by atoms with van der Waals surface area (Å²) in [7, 11) is 0. The second-order valence-electron chi connectivity index (χ2n) is 3.06. The number of ketones is 1.